The first-order valence-electron chi connectivity index (χ1n) is 4.97. The average molecular weight is 233 g/mol. The largest absolute Gasteiger partial charge is 0.341 e. The highest BCUT2D eigenvalue weighted by Gasteiger charge is 2.19. The first-order valence-corrected chi connectivity index (χ1v) is 5.70. The number of hydrogen-bond donors (Lipinski definition) is 0. The number of aromatic nitrogens is 1. The highest BCUT2D eigenvalue weighted by atomic mass is 32.2. The molecule has 1 aliphatic heterocycles. The quantitative estimate of drug-likeness (QED) is 0.579. The third-order valence-electron chi connectivity index (χ3n) is 1.91. The van der Waals surface area contributed by atoms with Crippen LogP contribution in [-0.2, 0) is 4.84 Å². The summed E-state index contributed by atoms with van der Waals surface area (Å²) in [6.45, 7) is 2.60. The van der Waals surface area contributed by atoms with E-state index in [0.29, 0.717) is 6.54 Å². The maximum Gasteiger partial charge on any atom is 0.139 e. The Morgan fingerprint density at radius 2 is 2.56 bits per heavy atom. The van der Waals surface area contributed by atoms with Gasteiger partial charge in [-0.2, -0.15) is 4.40 Å². The lowest BCUT2D eigenvalue weighted by Crippen LogP contribution is -2.17. The summed E-state index contributed by atoms with van der Waals surface area (Å²) in [5.41, 5.74) is 1.97. The second-order valence-electron chi connectivity index (χ2n) is 3.08. The first-order chi connectivity index (χ1) is 7.90. The van der Waals surface area contributed by atoms with Gasteiger partial charge in [0.1, 0.15) is 18.2 Å². The molecule has 0 radical (unpaired) electrons. The van der Waals surface area contributed by atoms with Crippen molar-refractivity contribution >= 4 is 17.8 Å². The molecule has 0 saturated carbocycles. The smallest absolute Gasteiger partial charge is 0.139 e. The third-order valence-corrected chi connectivity index (χ3v) is 2.60. The summed E-state index contributed by atoms with van der Waals surface area (Å²) in [6.07, 6.45) is 6.94. The van der Waals surface area contributed by atoms with Crippen LogP contribution in [0.1, 0.15) is 18.9 Å². The van der Waals surface area contributed by atoms with Crippen LogP contribution < -0.4 is 0 Å². The lowest BCUT2D eigenvalue weighted by atomic mass is 10.2. The van der Waals surface area contributed by atoms with E-state index in [9.17, 15) is 0 Å². The molecule has 0 unspecified atom stereocenters. The van der Waals surface area contributed by atoms with E-state index < -0.39 is 0 Å². The van der Waals surface area contributed by atoms with Crippen molar-refractivity contribution in [2.45, 2.75) is 13.3 Å². The Morgan fingerprint density at radius 1 is 1.62 bits per heavy atom. The van der Waals surface area contributed by atoms with E-state index in [1.54, 1.807) is 16.9 Å². The van der Waals surface area contributed by atoms with Gasteiger partial charge in [-0.05, 0) is 16.6 Å². The zero-order valence-electron chi connectivity index (χ0n) is 8.88. The summed E-state index contributed by atoms with van der Waals surface area (Å²) >= 11 is 1.26. The van der Waals surface area contributed by atoms with E-state index in [-0.39, 0.29) is 0 Å². The lowest BCUT2D eigenvalue weighted by molar-refractivity contribution is 0.0334. The predicted molar refractivity (Wildman–Crippen MR) is 64.2 cm³/mol. The second kappa shape index (κ2) is 5.54. The maximum atomic E-state index is 5.20. The molecular formula is C11H11N3OS. The zero-order valence-corrected chi connectivity index (χ0v) is 9.70. The van der Waals surface area contributed by atoms with Crippen LogP contribution in [-0.4, -0.2) is 21.7 Å². The van der Waals surface area contributed by atoms with Gasteiger partial charge in [0.05, 0.1) is 12.3 Å². The molecule has 2 heterocycles. The van der Waals surface area contributed by atoms with Gasteiger partial charge in [0.25, 0.3) is 0 Å². The van der Waals surface area contributed by atoms with Crippen molar-refractivity contribution in [1.82, 2.24) is 9.45 Å². The Morgan fingerprint density at radius 3 is 3.31 bits per heavy atom. The normalized spacial score (nSPS) is 15.2. The first kappa shape index (κ1) is 11.0. The van der Waals surface area contributed by atoms with E-state index in [4.69, 9.17) is 4.84 Å². The summed E-state index contributed by atoms with van der Waals surface area (Å²) in [5.74, 6) is 2.84. The molecule has 0 fully saturated rings. The number of pyridine rings is 1. The second-order valence-corrected chi connectivity index (χ2v) is 3.83. The molecule has 0 spiro atoms. The van der Waals surface area contributed by atoms with E-state index in [1.165, 1.54) is 12.1 Å². The minimum Gasteiger partial charge on any atom is -0.341 e. The molecule has 82 valence electrons. The third kappa shape index (κ3) is 2.75. The number of hydroxylamine groups is 1. The number of nitrogens with zero attached hydrogens (tertiary/aromatic N) is 3. The minimum atomic E-state index is 0.620. The molecule has 2 rings (SSSR count). The van der Waals surface area contributed by atoms with Crippen LogP contribution in [0.25, 0.3) is 0 Å². The molecule has 5 heteroatoms. The van der Waals surface area contributed by atoms with E-state index in [0.717, 1.165) is 17.7 Å². The van der Waals surface area contributed by atoms with E-state index in [2.05, 4.69) is 21.4 Å². The Kier molecular flexibility index (Phi) is 3.81. The van der Waals surface area contributed by atoms with Crippen LogP contribution in [0.2, 0.25) is 0 Å². The zero-order chi connectivity index (χ0) is 11.2. The van der Waals surface area contributed by atoms with Crippen molar-refractivity contribution in [3.8, 4) is 12.0 Å². The Bertz CT molecular complexity index is 436. The molecule has 0 bridgehead atoms. The van der Waals surface area contributed by atoms with Crippen molar-refractivity contribution in [2.24, 2.45) is 4.40 Å². The van der Waals surface area contributed by atoms with Gasteiger partial charge in [0.2, 0.25) is 0 Å². The van der Waals surface area contributed by atoms with Gasteiger partial charge in [-0.15, -0.1) is 0 Å². The molecule has 0 aliphatic carbocycles. The summed E-state index contributed by atoms with van der Waals surface area (Å²) < 4.78 is 5.94. The fourth-order valence-corrected chi connectivity index (χ4v) is 1.76. The Balaban J connectivity index is 1.93. The predicted octanol–water partition coefficient (Wildman–Crippen LogP) is 2.05. The summed E-state index contributed by atoms with van der Waals surface area (Å²) in [7, 11) is 0. The van der Waals surface area contributed by atoms with Crippen LogP contribution >= 0.6 is 12.1 Å². The van der Waals surface area contributed by atoms with Crippen molar-refractivity contribution in [2.75, 3.05) is 6.54 Å². The monoisotopic (exact) mass is 233 g/mol. The van der Waals surface area contributed by atoms with Crippen molar-refractivity contribution in [1.29, 1.82) is 0 Å². The van der Waals surface area contributed by atoms with E-state index >= 15 is 0 Å². The molecule has 1 aromatic heterocycles. The Hall–Kier alpha value is -1.51. The summed E-state index contributed by atoms with van der Waals surface area (Å²) in [6, 6.07) is 3.87. The Labute approximate surface area is 99.0 Å². The van der Waals surface area contributed by atoms with E-state index in [1.807, 2.05) is 19.1 Å². The molecule has 0 atom stereocenters. The molecule has 0 N–H and O–H groups in total. The van der Waals surface area contributed by atoms with Gasteiger partial charge in [0, 0.05) is 24.4 Å². The molecule has 1 aromatic rings. The molecule has 0 aromatic carbocycles. The van der Waals surface area contributed by atoms with Crippen molar-refractivity contribution in [3.63, 3.8) is 0 Å². The van der Waals surface area contributed by atoms with Crippen LogP contribution in [0.4, 0.5) is 0 Å². The average Bonchev–Trinajstić information content (AvgIpc) is 2.79. The van der Waals surface area contributed by atoms with Crippen molar-refractivity contribution < 1.29 is 4.84 Å². The SMILES string of the molecule is CCC#CON1CC(c2cccnc2)=NS1. The highest BCUT2D eigenvalue weighted by Crippen LogP contribution is 2.21. The molecule has 0 saturated heterocycles. The van der Waals surface area contributed by atoms with Gasteiger partial charge < -0.3 is 4.84 Å². The van der Waals surface area contributed by atoms with Crippen molar-refractivity contribution in [3.05, 3.63) is 30.1 Å². The van der Waals surface area contributed by atoms with Gasteiger partial charge in [0.15, 0.2) is 0 Å². The molecule has 16 heavy (non-hydrogen) atoms. The fraction of sp³-hybridized carbons (Fsp3) is 0.273. The van der Waals surface area contributed by atoms with Crippen LogP contribution in [0, 0.1) is 12.0 Å². The highest BCUT2D eigenvalue weighted by molar-refractivity contribution is 7.96. The minimum absolute atomic E-state index is 0.620. The topological polar surface area (TPSA) is 37.7 Å². The fourth-order valence-electron chi connectivity index (χ4n) is 1.16. The molecule has 0 amide bonds. The van der Waals surface area contributed by atoms with Gasteiger partial charge in [-0.1, -0.05) is 12.8 Å². The molecule has 4 nitrogen and oxygen atoms in total. The lowest BCUT2D eigenvalue weighted by Gasteiger charge is -2.06. The van der Waals surface area contributed by atoms with Gasteiger partial charge >= 0.3 is 0 Å². The van der Waals surface area contributed by atoms with Gasteiger partial charge in [-0.25, -0.2) is 0 Å². The van der Waals surface area contributed by atoms with Gasteiger partial charge in [-0.3, -0.25) is 4.98 Å². The van der Waals surface area contributed by atoms with Crippen LogP contribution in [0.5, 0.6) is 0 Å². The maximum absolute atomic E-state index is 5.20. The summed E-state index contributed by atoms with van der Waals surface area (Å²) in [5, 5.41) is 0. The van der Waals surface area contributed by atoms with Crippen LogP contribution in [0.3, 0.4) is 0 Å². The summed E-state index contributed by atoms with van der Waals surface area (Å²) in [4.78, 5) is 9.25. The van der Waals surface area contributed by atoms with Crippen LogP contribution in [0.15, 0.2) is 28.9 Å². The standard InChI is InChI=1S/C11H11N3OS/c1-2-3-7-15-14-9-11(13-16-14)10-5-4-6-12-8-10/h4-6,8H,2,9H2,1H3. The number of hydrogen-bond acceptors (Lipinski definition) is 5. The number of rotatable bonds is 2. The molecular weight excluding hydrogens is 222 g/mol. The molecule has 1 aliphatic rings.